The van der Waals surface area contributed by atoms with Crippen molar-refractivity contribution >= 4 is 11.0 Å². The number of aromatic nitrogens is 5. The Morgan fingerprint density at radius 1 is 1.50 bits per heavy atom. The lowest BCUT2D eigenvalue weighted by Crippen LogP contribution is -2.39. The third-order valence-corrected chi connectivity index (χ3v) is 3.84. The van der Waals surface area contributed by atoms with Crippen molar-refractivity contribution in [2.45, 2.75) is 38.8 Å². The highest BCUT2D eigenvalue weighted by Gasteiger charge is 2.31. The minimum Gasteiger partial charge on any atom is -0.312 e. The van der Waals surface area contributed by atoms with Gasteiger partial charge in [-0.2, -0.15) is 5.10 Å². The normalized spacial score (nSPS) is 16.7. The number of hydrogen-bond donors (Lipinski definition) is 1. The van der Waals surface area contributed by atoms with Gasteiger partial charge in [0.1, 0.15) is 5.39 Å². The molecule has 1 saturated carbocycles. The monoisotopic (exact) mass is 276 g/mol. The molecule has 2 aromatic heterocycles. The zero-order chi connectivity index (χ0) is 14.1. The average Bonchev–Trinajstić information content (AvgIpc) is 3.22. The number of fused-ring (bicyclic) bond motifs is 1. The highest BCUT2D eigenvalue weighted by atomic mass is 16.1. The van der Waals surface area contributed by atoms with E-state index in [1.54, 1.807) is 17.9 Å². The Kier molecular flexibility index (Phi) is 3.52. The first-order valence-electron chi connectivity index (χ1n) is 7.19. The van der Waals surface area contributed by atoms with Crippen LogP contribution in [-0.2, 0) is 13.6 Å². The number of aryl methyl sites for hydroxylation is 1. The molecule has 1 N–H and O–H groups in total. The minimum atomic E-state index is -0.105. The average molecular weight is 276 g/mol. The van der Waals surface area contributed by atoms with E-state index in [2.05, 4.69) is 27.7 Å². The van der Waals surface area contributed by atoms with E-state index < -0.39 is 0 Å². The summed E-state index contributed by atoms with van der Waals surface area (Å²) in [7, 11) is 1.76. The van der Waals surface area contributed by atoms with Crippen molar-refractivity contribution in [3.63, 3.8) is 0 Å². The van der Waals surface area contributed by atoms with Crippen LogP contribution in [0.4, 0.5) is 0 Å². The second-order valence-electron chi connectivity index (χ2n) is 5.48. The highest BCUT2D eigenvalue weighted by molar-refractivity contribution is 5.72. The van der Waals surface area contributed by atoms with Gasteiger partial charge < -0.3 is 5.32 Å². The van der Waals surface area contributed by atoms with Crippen molar-refractivity contribution in [3.05, 3.63) is 16.6 Å². The fraction of sp³-hybridized carbons (Fsp3) is 0.692. The summed E-state index contributed by atoms with van der Waals surface area (Å²) in [5, 5.41) is 16.3. The second kappa shape index (κ2) is 5.32. The van der Waals surface area contributed by atoms with Crippen LogP contribution in [0.5, 0.6) is 0 Å². The molecule has 1 atom stereocenters. The maximum Gasteiger partial charge on any atom is 0.280 e. The summed E-state index contributed by atoms with van der Waals surface area (Å²) >= 11 is 0. The minimum absolute atomic E-state index is 0.105. The molecular formula is C13H20N6O. The number of nitrogens with zero attached hydrogens (tertiary/aromatic N) is 5. The van der Waals surface area contributed by atoms with Gasteiger partial charge in [-0.25, -0.2) is 9.36 Å². The molecule has 0 amide bonds. The van der Waals surface area contributed by atoms with Gasteiger partial charge >= 0.3 is 0 Å². The van der Waals surface area contributed by atoms with Crippen molar-refractivity contribution in [3.8, 4) is 0 Å². The molecule has 0 aromatic carbocycles. The Morgan fingerprint density at radius 3 is 3.00 bits per heavy atom. The zero-order valence-corrected chi connectivity index (χ0v) is 11.9. The van der Waals surface area contributed by atoms with Gasteiger partial charge in [0, 0.05) is 13.1 Å². The van der Waals surface area contributed by atoms with E-state index in [9.17, 15) is 4.79 Å². The predicted molar refractivity (Wildman–Crippen MR) is 75.4 cm³/mol. The van der Waals surface area contributed by atoms with E-state index in [1.807, 2.05) is 0 Å². The lowest BCUT2D eigenvalue weighted by Gasteiger charge is -2.17. The SMILES string of the molecule is CCCNC(Cn1nnc2c(cnn2C)c1=O)C1CC1. The molecule has 0 spiro atoms. The third kappa shape index (κ3) is 2.45. The Hall–Kier alpha value is -1.76. The maximum absolute atomic E-state index is 12.4. The maximum atomic E-state index is 12.4. The summed E-state index contributed by atoms with van der Waals surface area (Å²) in [6, 6.07) is 0.316. The summed E-state index contributed by atoms with van der Waals surface area (Å²) in [5.41, 5.74) is 0.433. The summed E-state index contributed by atoms with van der Waals surface area (Å²) in [6.45, 7) is 3.70. The van der Waals surface area contributed by atoms with E-state index in [0.717, 1.165) is 13.0 Å². The highest BCUT2D eigenvalue weighted by Crippen LogP contribution is 2.33. The fourth-order valence-electron chi connectivity index (χ4n) is 2.49. The molecule has 0 bridgehead atoms. The van der Waals surface area contributed by atoms with Crippen LogP contribution < -0.4 is 10.9 Å². The van der Waals surface area contributed by atoms with Gasteiger partial charge in [-0.15, -0.1) is 5.10 Å². The van der Waals surface area contributed by atoms with E-state index in [4.69, 9.17) is 0 Å². The molecule has 0 aliphatic heterocycles. The summed E-state index contributed by atoms with van der Waals surface area (Å²) in [6.07, 6.45) is 5.12. The number of nitrogens with one attached hydrogen (secondary N) is 1. The quantitative estimate of drug-likeness (QED) is 0.821. The van der Waals surface area contributed by atoms with E-state index in [-0.39, 0.29) is 5.56 Å². The van der Waals surface area contributed by atoms with Gasteiger partial charge in [0.2, 0.25) is 0 Å². The van der Waals surface area contributed by atoms with Gasteiger partial charge in [0.25, 0.3) is 5.56 Å². The first kappa shape index (κ1) is 13.2. The largest absolute Gasteiger partial charge is 0.312 e. The summed E-state index contributed by atoms with van der Waals surface area (Å²) in [5.74, 6) is 0.667. The van der Waals surface area contributed by atoms with Gasteiger partial charge in [-0.1, -0.05) is 12.1 Å². The zero-order valence-electron chi connectivity index (χ0n) is 11.9. The van der Waals surface area contributed by atoms with Crippen LogP contribution in [0.15, 0.2) is 11.0 Å². The molecule has 1 unspecified atom stereocenters. The Balaban J connectivity index is 1.85. The summed E-state index contributed by atoms with van der Waals surface area (Å²) in [4.78, 5) is 12.4. The van der Waals surface area contributed by atoms with Crippen LogP contribution >= 0.6 is 0 Å². The lowest BCUT2D eigenvalue weighted by molar-refractivity contribution is 0.374. The first-order chi connectivity index (χ1) is 9.70. The third-order valence-electron chi connectivity index (χ3n) is 3.84. The molecule has 108 valence electrons. The molecule has 3 rings (SSSR count). The van der Waals surface area contributed by atoms with Crippen molar-refractivity contribution < 1.29 is 0 Å². The van der Waals surface area contributed by atoms with Crippen LogP contribution in [0.25, 0.3) is 11.0 Å². The van der Waals surface area contributed by atoms with E-state index >= 15 is 0 Å². The van der Waals surface area contributed by atoms with Crippen LogP contribution in [-0.4, -0.2) is 37.4 Å². The molecular weight excluding hydrogens is 256 g/mol. The molecule has 0 radical (unpaired) electrons. The van der Waals surface area contributed by atoms with E-state index in [1.165, 1.54) is 17.5 Å². The summed E-state index contributed by atoms with van der Waals surface area (Å²) < 4.78 is 3.04. The van der Waals surface area contributed by atoms with Crippen LogP contribution in [0.3, 0.4) is 0 Å². The van der Waals surface area contributed by atoms with Gasteiger partial charge in [-0.3, -0.25) is 4.79 Å². The van der Waals surface area contributed by atoms with Crippen molar-refractivity contribution in [2.24, 2.45) is 13.0 Å². The number of hydrogen-bond acceptors (Lipinski definition) is 5. The van der Waals surface area contributed by atoms with E-state index in [0.29, 0.717) is 29.5 Å². The smallest absolute Gasteiger partial charge is 0.280 e. The topological polar surface area (TPSA) is 77.6 Å². The Morgan fingerprint density at radius 2 is 2.30 bits per heavy atom. The van der Waals surface area contributed by atoms with Gasteiger partial charge in [-0.05, 0) is 31.7 Å². The Labute approximate surface area is 117 Å². The molecule has 7 heteroatoms. The molecule has 7 nitrogen and oxygen atoms in total. The second-order valence-corrected chi connectivity index (χ2v) is 5.48. The standard InChI is InChI=1S/C13H20N6O/c1-3-6-14-11(9-4-5-9)8-19-13(20)10-7-15-18(2)12(10)16-17-19/h7,9,11,14H,3-6,8H2,1-2H3. The van der Waals surface area contributed by atoms with Crippen LogP contribution in [0, 0.1) is 5.92 Å². The fourth-order valence-corrected chi connectivity index (χ4v) is 2.49. The molecule has 0 saturated heterocycles. The van der Waals surface area contributed by atoms with Crippen molar-refractivity contribution in [1.82, 2.24) is 30.1 Å². The molecule has 1 fully saturated rings. The van der Waals surface area contributed by atoms with Crippen LogP contribution in [0.2, 0.25) is 0 Å². The molecule has 2 heterocycles. The lowest BCUT2D eigenvalue weighted by atomic mass is 10.2. The Bertz CT molecular complexity index is 656. The molecule has 20 heavy (non-hydrogen) atoms. The predicted octanol–water partition coefficient (Wildman–Crippen LogP) is 0.303. The molecule has 1 aliphatic rings. The van der Waals surface area contributed by atoms with Crippen molar-refractivity contribution in [1.29, 1.82) is 0 Å². The van der Waals surface area contributed by atoms with Gasteiger partial charge in [0.05, 0.1) is 12.7 Å². The molecule has 2 aromatic rings. The molecule has 1 aliphatic carbocycles. The first-order valence-corrected chi connectivity index (χ1v) is 7.19. The van der Waals surface area contributed by atoms with Crippen molar-refractivity contribution in [2.75, 3.05) is 6.54 Å². The van der Waals surface area contributed by atoms with Gasteiger partial charge in [0.15, 0.2) is 5.65 Å². The number of rotatable bonds is 6. The van der Waals surface area contributed by atoms with Crippen LogP contribution in [0.1, 0.15) is 26.2 Å².